The normalized spacial score (nSPS) is 13.1. The van der Waals surface area contributed by atoms with Gasteiger partial charge < -0.3 is 16.2 Å². The van der Waals surface area contributed by atoms with Crippen LogP contribution in [0.25, 0.3) is 32.9 Å². The fraction of sp³-hybridized carbons (Fsp3) is 0.136. The van der Waals surface area contributed by atoms with Crippen LogP contribution in [0.3, 0.4) is 0 Å². The number of nitrogens with two attached hydrogens (primary N) is 1. The van der Waals surface area contributed by atoms with Crippen LogP contribution in [0, 0.1) is 0 Å². The van der Waals surface area contributed by atoms with Crippen molar-refractivity contribution in [3.8, 4) is 11.3 Å². The fourth-order valence-corrected chi connectivity index (χ4v) is 3.09. The third-order valence-corrected chi connectivity index (χ3v) is 4.60. The Kier molecular flexibility index (Phi) is 5.61. The van der Waals surface area contributed by atoms with Crippen molar-refractivity contribution in [2.45, 2.75) is 19.2 Å². The molecular formula is C22H22ClN3O. The minimum Gasteiger partial charge on any atom is -0.390 e. The number of nitrogens with zero attached hydrogens (tertiary/aromatic N) is 1. The van der Waals surface area contributed by atoms with Gasteiger partial charge in [0, 0.05) is 16.6 Å². The topological polar surface area (TPSA) is 71.2 Å². The Bertz CT molecular complexity index is 1080. The highest BCUT2D eigenvalue weighted by atomic mass is 35.5. The average molecular weight is 380 g/mol. The molecule has 1 heterocycles. The number of halogens is 1. The summed E-state index contributed by atoms with van der Waals surface area (Å²) in [5.74, 6) is 0. The van der Waals surface area contributed by atoms with Gasteiger partial charge in [0.15, 0.2) is 0 Å². The molecule has 2 unspecified atom stereocenters. The van der Waals surface area contributed by atoms with Crippen LogP contribution in [0.1, 0.15) is 6.92 Å². The molecule has 4 nitrogen and oxygen atoms in total. The molecule has 138 valence electrons. The molecular weight excluding hydrogens is 358 g/mol. The minimum absolute atomic E-state index is 0. The van der Waals surface area contributed by atoms with Gasteiger partial charge in [0.05, 0.1) is 17.3 Å². The van der Waals surface area contributed by atoms with E-state index >= 15 is 0 Å². The molecule has 2 atom stereocenters. The number of anilines is 1. The number of pyridine rings is 1. The maximum absolute atomic E-state index is 9.76. The van der Waals surface area contributed by atoms with Gasteiger partial charge in [0.2, 0.25) is 0 Å². The Morgan fingerprint density at radius 1 is 0.926 bits per heavy atom. The largest absolute Gasteiger partial charge is 0.390 e. The van der Waals surface area contributed by atoms with E-state index < -0.39 is 12.3 Å². The van der Waals surface area contributed by atoms with Crippen molar-refractivity contribution in [1.82, 2.24) is 4.98 Å². The average Bonchev–Trinajstić information content (AvgIpc) is 2.67. The number of aliphatic hydroxyl groups is 1. The molecule has 0 saturated heterocycles. The molecule has 4 rings (SSSR count). The van der Waals surface area contributed by atoms with Gasteiger partial charge in [-0.1, -0.05) is 54.6 Å². The zero-order chi connectivity index (χ0) is 18.1. The zero-order valence-electron chi connectivity index (χ0n) is 15.0. The third kappa shape index (κ3) is 3.88. The summed E-state index contributed by atoms with van der Waals surface area (Å²) in [6, 6.07) is 24.5. The van der Waals surface area contributed by atoms with Gasteiger partial charge in [0.1, 0.15) is 6.17 Å². The van der Waals surface area contributed by atoms with E-state index in [9.17, 15) is 5.11 Å². The molecule has 0 spiro atoms. The highest BCUT2D eigenvalue weighted by molar-refractivity contribution is 5.95. The number of rotatable bonds is 4. The van der Waals surface area contributed by atoms with E-state index in [-0.39, 0.29) is 12.4 Å². The third-order valence-electron chi connectivity index (χ3n) is 4.60. The van der Waals surface area contributed by atoms with Crippen molar-refractivity contribution < 1.29 is 5.11 Å². The molecule has 1 aromatic heterocycles. The van der Waals surface area contributed by atoms with Crippen LogP contribution in [0.5, 0.6) is 0 Å². The Balaban J connectivity index is 0.00000210. The van der Waals surface area contributed by atoms with Gasteiger partial charge in [0.25, 0.3) is 0 Å². The second-order valence-corrected chi connectivity index (χ2v) is 6.54. The number of hydrogen-bond acceptors (Lipinski definition) is 4. The fourth-order valence-electron chi connectivity index (χ4n) is 3.09. The maximum atomic E-state index is 9.76. The van der Waals surface area contributed by atoms with Crippen molar-refractivity contribution in [3.63, 3.8) is 0 Å². The van der Waals surface area contributed by atoms with Crippen molar-refractivity contribution >= 4 is 39.8 Å². The van der Waals surface area contributed by atoms with Gasteiger partial charge in [-0.25, -0.2) is 4.98 Å². The van der Waals surface area contributed by atoms with Gasteiger partial charge in [-0.3, -0.25) is 0 Å². The number of aromatic nitrogens is 1. The second-order valence-electron chi connectivity index (χ2n) is 6.54. The van der Waals surface area contributed by atoms with Gasteiger partial charge in [-0.05, 0) is 35.9 Å². The molecule has 0 bridgehead atoms. The van der Waals surface area contributed by atoms with Crippen molar-refractivity contribution in [3.05, 3.63) is 72.8 Å². The van der Waals surface area contributed by atoms with E-state index in [4.69, 9.17) is 10.7 Å². The van der Waals surface area contributed by atoms with Crippen LogP contribution in [0.4, 0.5) is 5.69 Å². The van der Waals surface area contributed by atoms with Crippen molar-refractivity contribution in [1.29, 1.82) is 0 Å². The van der Waals surface area contributed by atoms with Crippen LogP contribution in [-0.2, 0) is 0 Å². The summed E-state index contributed by atoms with van der Waals surface area (Å²) in [6.07, 6.45) is -1.21. The van der Waals surface area contributed by atoms with E-state index in [0.29, 0.717) is 0 Å². The number of aliphatic hydroxyl groups excluding tert-OH is 1. The molecule has 0 aliphatic carbocycles. The Morgan fingerprint density at radius 3 is 2.41 bits per heavy atom. The number of benzene rings is 3. The molecule has 27 heavy (non-hydrogen) atoms. The molecule has 3 aromatic carbocycles. The molecule has 0 aliphatic rings. The lowest BCUT2D eigenvalue weighted by molar-refractivity contribution is 0.173. The van der Waals surface area contributed by atoms with E-state index in [2.05, 4.69) is 35.6 Å². The first kappa shape index (κ1) is 19.1. The van der Waals surface area contributed by atoms with Crippen molar-refractivity contribution in [2.75, 3.05) is 5.32 Å². The smallest absolute Gasteiger partial charge is 0.101 e. The first-order valence-electron chi connectivity index (χ1n) is 8.71. The van der Waals surface area contributed by atoms with E-state index in [0.717, 1.165) is 27.8 Å². The molecule has 0 fully saturated rings. The summed E-state index contributed by atoms with van der Waals surface area (Å²) < 4.78 is 0. The Morgan fingerprint density at radius 2 is 1.63 bits per heavy atom. The zero-order valence-corrected chi connectivity index (χ0v) is 15.8. The predicted molar refractivity (Wildman–Crippen MR) is 115 cm³/mol. The lowest BCUT2D eigenvalue weighted by Crippen LogP contribution is -2.39. The second kappa shape index (κ2) is 7.92. The first-order valence-corrected chi connectivity index (χ1v) is 8.71. The molecule has 4 N–H and O–H groups in total. The lowest BCUT2D eigenvalue weighted by Gasteiger charge is -2.20. The SMILES string of the molecule is CC(O)C(N)Nc1cc(-c2ccc3ccccc3c2)nc2ccccc12.Cl. The molecule has 5 heteroatoms. The van der Waals surface area contributed by atoms with Gasteiger partial charge in [-0.2, -0.15) is 0 Å². The van der Waals surface area contributed by atoms with Crippen LogP contribution >= 0.6 is 12.4 Å². The minimum atomic E-state index is -0.661. The van der Waals surface area contributed by atoms with E-state index in [1.165, 1.54) is 10.8 Å². The van der Waals surface area contributed by atoms with Crippen LogP contribution in [0.15, 0.2) is 72.8 Å². The molecule has 0 saturated carbocycles. The van der Waals surface area contributed by atoms with E-state index in [1.807, 2.05) is 42.5 Å². The van der Waals surface area contributed by atoms with Crippen molar-refractivity contribution in [2.24, 2.45) is 5.73 Å². The molecule has 0 aliphatic heterocycles. The maximum Gasteiger partial charge on any atom is 0.101 e. The summed E-state index contributed by atoms with van der Waals surface area (Å²) in [6.45, 7) is 1.67. The summed E-state index contributed by atoms with van der Waals surface area (Å²) in [5.41, 5.74) is 9.69. The first-order chi connectivity index (χ1) is 12.6. The highest BCUT2D eigenvalue weighted by Crippen LogP contribution is 2.30. The van der Waals surface area contributed by atoms with Crippen LogP contribution < -0.4 is 11.1 Å². The van der Waals surface area contributed by atoms with E-state index in [1.54, 1.807) is 6.92 Å². The van der Waals surface area contributed by atoms with Gasteiger partial charge in [-0.15, -0.1) is 12.4 Å². The Hall–Kier alpha value is -2.66. The summed E-state index contributed by atoms with van der Waals surface area (Å²) >= 11 is 0. The molecule has 4 aromatic rings. The number of para-hydroxylation sites is 1. The number of fused-ring (bicyclic) bond motifs is 2. The quantitative estimate of drug-likeness (QED) is 0.455. The number of hydrogen-bond donors (Lipinski definition) is 3. The standard InChI is InChI=1S/C22H21N3O.ClH/c1-14(26)22(23)25-21-13-20(24-19-9-5-4-8-18(19)21)17-11-10-15-6-2-3-7-16(15)12-17;/h2-14,22,26H,23H2,1H3,(H,24,25);1H. The Labute approximate surface area is 164 Å². The van der Waals surface area contributed by atoms with Gasteiger partial charge >= 0.3 is 0 Å². The summed E-state index contributed by atoms with van der Waals surface area (Å²) in [4.78, 5) is 4.82. The monoisotopic (exact) mass is 379 g/mol. The van der Waals surface area contributed by atoms with Crippen LogP contribution in [0.2, 0.25) is 0 Å². The molecule has 0 radical (unpaired) electrons. The molecule has 0 amide bonds. The lowest BCUT2D eigenvalue weighted by atomic mass is 10.0. The summed E-state index contributed by atoms with van der Waals surface area (Å²) in [5, 5.41) is 16.3. The van der Waals surface area contributed by atoms with Crippen LogP contribution in [-0.4, -0.2) is 22.4 Å². The highest BCUT2D eigenvalue weighted by Gasteiger charge is 2.13. The predicted octanol–water partition coefficient (Wildman–Crippen LogP) is 4.55. The summed E-state index contributed by atoms with van der Waals surface area (Å²) in [7, 11) is 0. The number of nitrogens with one attached hydrogen (secondary N) is 1.